The molecular weight excluding hydrogens is 186 g/mol. The summed E-state index contributed by atoms with van der Waals surface area (Å²) in [6.07, 6.45) is 0. The molecule has 0 fully saturated rings. The van der Waals surface area contributed by atoms with Gasteiger partial charge in [0.2, 0.25) is 4.96 Å². The fourth-order valence-electron chi connectivity index (χ4n) is 1.07. The summed E-state index contributed by atoms with van der Waals surface area (Å²) in [6.45, 7) is 4.03. The minimum atomic E-state index is -0.102. The van der Waals surface area contributed by atoms with Crippen LogP contribution in [0.2, 0.25) is 0 Å². The van der Waals surface area contributed by atoms with Crippen LogP contribution in [0.3, 0.4) is 0 Å². The van der Waals surface area contributed by atoms with E-state index in [1.165, 1.54) is 21.9 Å². The molecule has 0 spiro atoms. The first-order chi connectivity index (χ1) is 6.18. The fourth-order valence-corrected chi connectivity index (χ4v) is 1.70. The van der Waals surface area contributed by atoms with Gasteiger partial charge in [-0.05, 0) is 5.92 Å². The van der Waals surface area contributed by atoms with E-state index in [2.05, 4.69) is 10.1 Å². The third kappa shape index (κ3) is 1.35. The lowest BCUT2D eigenvalue weighted by atomic mass is 10.1. The molecule has 13 heavy (non-hydrogen) atoms. The van der Waals surface area contributed by atoms with Gasteiger partial charge in [-0.15, -0.1) is 0 Å². The molecule has 0 radical (unpaired) electrons. The summed E-state index contributed by atoms with van der Waals surface area (Å²) >= 11 is 1.37. The Labute approximate surface area is 78.9 Å². The van der Waals surface area contributed by atoms with Crippen molar-refractivity contribution in [2.24, 2.45) is 0 Å². The molecule has 0 aromatic carbocycles. The number of rotatable bonds is 1. The van der Waals surface area contributed by atoms with E-state index in [-0.39, 0.29) is 11.5 Å². The van der Waals surface area contributed by atoms with Crippen LogP contribution in [0.15, 0.2) is 16.4 Å². The normalized spacial score (nSPS) is 11.3. The standard InChI is InChI=1S/C8H9N3OS/c1-5(2)6-3-7(12)11-8(10-6)13-4-9-11/h3-5H,1-2H3. The van der Waals surface area contributed by atoms with Gasteiger partial charge in [0.1, 0.15) is 5.51 Å². The maximum absolute atomic E-state index is 11.4. The molecule has 0 aliphatic rings. The van der Waals surface area contributed by atoms with Crippen molar-refractivity contribution < 1.29 is 0 Å². The molecule has 4 nitrogen and oxygen atoms in total. The number of hydrogen-bond donors (Lipinski definition) is 0. The first-order valence-corrected chi connectivity index (χ1v) is 4.90. The van der Waals surface area contributed by atoms with Gasteiger partial charge in [-0.2, -0.15) is 9.61 Å². The highest BCUT2D eigenvalue weighted by Crippen LogP contribution is 2.11. The second-order valence-electron chi connectivity index (χ2n) is 3.11. The van der Waals surface area contributed by atoms with Crippen LogP contribution in [-0.2, 0) is 0 Å². The van der Waals surface area contributed by atoms with Gasteiger partial charge in [0.25, 0.3) is 5.56 Å². The molecule has 0 amide bonds. The molecule has 0 aliphatic carbocycles. The number of fused-ring (bicyclic) bond motifs is 1. The Morgan fingerprint density at radius 1 is 1.54 bits per heavy atom. The van der Waals surface area contributed by atoms with Gasteiger partial charge in [-0.25, -0.2) is 4.98 Å². The van der Waals surface area contributed by atoms with Crippen LogP contribution in [0.5, 0.6) is 0 Å². The predicted octanol–water partition coefficient (Wildman–Crippen LogP) is 1.27. The molecule has 0 N–H and O–H groups in total. The molecule has 0 saturated carbocycles. The van der Waals surface area contributed by atoms with Crippen molar-refractivity contribution in [3.05, 3.63) is 27.6 Å². The Bertz CT molecular complexity index is 485. The first-order valence-electron chi connectivity index (χ1n) is 4.02. The van der Waals surface area contributed by atoms with Crippen LogP contribution in [0, 0.1) is 0 Å². The van der Waals surface area contributed by atoms with Gasteiger partial charge in [-0.1, -0.05) is 25.2 Å². The lowest BCUT2D eigenvalue weighted by Crippen LogP contribution is -2.15. The predicted molar refractivity (Wildman–Crippen MR) is 51.2 cm³/mol. The third-order valence-electron chi connectivity index (χ3n) is 1.80. The zero-order valence-corrected chi connectivity index (χ0v) is 8.21. The highest BCUT2D eigenvalue weighted by atomic mass is 32.1. The zero-order valence-electron chi connectivity index (χ0n) is 7.39. The molecule has 68 valence electrons. The average molecular weight is 195 g/mol. The summed E-state index contributed by atoms with van der Waals surface area (Å²) < 4.78 is 1.32. The summed E-state index contributed by atoms with van der Waals surface area (Å²) in [7, 11) is 0. The van der Waals surface area contributed by atoms with Crippen LogP contribution in [-0.4, -0.2) is 14.6 Å². The van der Waals surface area contributed by atoms with Crippen molar-refractivity contribution in [3.8, 4) is 0 Å². The van der Waals surface area contributed by atoms with E-state index in [1.54, 1.807) is 5.51 Å². The first kappa shape index (κ1) is 8.37. The Morgan fingerprint density at radius 2 is 2.31 bits per heavy atom. The molecule has 2 aromatic heterocycles. The monoisotopic (exact) mass is 195 g/mol. The number of hydrogen-bond acceptors (Lipinski definition) is 4. The Hall–Kier alpha value is -1.23. The van der Waals surface area contributed by atoms with Crippen molar-refractivity contribution in [1.82, 2.24) is 14.6 Å². The molecule has 2 heterocycles. The van der Waals surface area contributed by atoms with E-state index in [0.29, 0.717) is 4.96 Å². The summed E-state index contributed by atoms with van der Waals surface area (Å²) in [5.74, 6) is 0.278. The second-order valence-corrected chi connectivity index (χ2v) is 3.92. The van der Waals surface area contributed by atoms with Crippen molar-refractivity contribution in [2.45, 2.75) is 19.8 Å². The maximum atomic E-state index is 11.4. The van der Waals surface area contributed by atoms with E-state index in [1.807, 2.05) is 13.8 Å². The summed E-state index contributed by atoms with van der Waals surface area (Å²) in [4.78, 5) is 16.4. The Kier molecular flexibility index (Phi) is 1.88. The van der Waals surface area contributed by atoms with Gasteiger partial charge < -0.3 is 0 Å². The minimum Gasteiger partial charge on any atom is -0.267 e. The summed E-state index contributed by atoms with van der Waals surface area (Å²) in [6, 6.07) is 1.54. The van der Waals surface area contributed by atoms with Gasteiger partial charge in [0.05, 0.1) is 5.69 Å². The zero-order chi connectivity index (χ0) is 9.42. The van der Waals surface area contributed by atoms with E-state index >= 15 is 0 Å². The number of aromatic nitrogens is 3. The van der Waals surface area contributed by atoms with Gasteiger partial charge in [0.15, 0.2) is 0 Å². The second kappa shape index (κ2) is 2.92. The molecule has 0 aliphatic heterocycles. The molecule has 2 aromatic rings. The molecule has 0 atom stereocenters. The van der Waals surface area contributed by atoms with Crippen molar-refractivity contribution in [2.75, 3.05) is 0 Å². The Morgan fingerprint density at radius 3 is 3.00 bits per heavy atom. The van der Waals surface area contributed by atoms with Crippen LogP contribution in [0.25, 0.3) is 4.96 Å². The van der Waals surface area contributed by atoms with E-state index in [4.69, 9.17) is 0 Å². The summed E-state index contributed by atoms with van der Waals surface area (Å²) in [5, 5.41) is 3.88. The van der Waals surface area contributed by atoms with Gasteiger partial charge >= 0.3 is 0 Å². The van der Waals surface area contributed by atoms with Gasteiger partial charge in [0, 0.05) is 6.07 Å². The quantitative estimate of drug-likeness (QED) is 0.688. The molecule has 0 saturated heterocycles. The molecule has 0 bridgehead atoms. The highest BCUT2D eigenvalue weighted by molar-refractivity contribution is 7.14. The molecular formula is C8H9N3OS. The molecule has 2 rings (SSSR count). The van der Waals surface area contributed by atoms with E-state index < -0.39 is 0 Å². The minimum absolute atomic E-state index is 0.102. The van der Waals surface area contributed by atoms with Crippen molar-refractivity contribution in [1.29, 1.82) is 0 Å². The average Bonchev–Trinajstić information content (AvgIpc) is 2.51. The molecule has 5 heteroatoms. The third-order valence-corrected chi connectivity index (χ3v) is 2.47. The van der Waals surface area contributed by atoms with Crippen LogP contribution in [0.1, 0.15) is 25.5 Å². The van der Waals surface area contributed by atoms with Crippen molar-refractivity contribution in [3.63, 3.8) is 0 Å². The lowest BCUT2D eigenvalue weighted by Gasteiger charge is -2.01. The van der Waals surface area contributed by atoms with Crippen LogP contribution >= 0.6 is 11.3 Å². The fraction of sp³-hybridized carbons (Fsp3) is 0.375. The summed E-state index contributed by atoms with van der Waals surface area (Å²) in [5.41, 5.74) is 2.35. The largest absolute Gasteiger partial charge is 0.275 e. The topological polar surface area (TPSA) is 47.3 Å². The lowest BCUT2D eigenvalue weighted by molar-refractivity contribution is 0.798. The smallest absolute Gasteiger partial charge is 0.267 e. The van der Waals surface area contributed by atoms with Crippen LogP contribution < -0.4 is 5.56 Å². The highest BCUT2D eigenvalue weighted by Gasteiger charge is 2.06. The van der Waals surface area contributed by atoms with E-state index in [0.717, 1.165) is 5.69 Å². The van der Waals surface area contributed by atoms with Crippen LogP contribution in [0.4, 0.5) is 0 Å². The number of nitrogens with zero attached hydrogens (tertiary/aromatic N) is 3. The SMILES string of the molecule is CC(C)c1cc(=O)n2ncsc2n1. The van der Waals surface area contributed by atoms with Gasteiger partial charge in [-0.3, -0.25) is 4.79 Å². The van der Waals surface area contributed by atoms with E-state index in [9.17, 15) is 4.79 Å². The Balaban J connectivity index is 2.77. The van der Waals surface area contributed by atoms with Crippen molar-refractivity contribution >= 4 is 16.3 Å². The maximum Gasteiger partial charge on any atom is 0.275 e. The molecule has 0 unspecified atom stereocenters.